The fourth-order valence-electron chi connectivity index (χ4n) is 1.75. The highest BCUT2D eigenvalue weighted by molar-refractivity contribution is 7.99. The first kappa shape index (κ1) is 14.6. The summed E-state index contributed by atoms with van der Waals surface area (Å²) >= 11 is 1.33. The molecule has 104 valence electrons. The molecule has 0 aliphatic heterocycles. The maximum absolute atomic E-state index is 13.9. The summed E-state index contributed by atoms with van der Waals surface area (Å²) in [7, 11) is 1.28. The lowest BCUT2D eigenvalue weighted by Gasteiger charge is -2.06. The average molecular weight is 290 g/mol. The summed E-state index contributed by atoms with van der Waals surface area (Å²) in [4.78, 5) is 12.8. The SMILES string of the molecule is CCc1ccc(Sc2ccc(C(=O)OC)cc2F)cc1. The Morgan fingerprint density at radius 2 is 1.90 bits per heavy atom. The molecule has 0 bridgehead atoms. The molecule has 2 nitrogen and oxygen atoms in total. The van der Waals surface area contributed by atoms with Gasteiger partial charge in [-0.3, -0.25) is 0 Å². The number of hydrogen-bond donors (Lipinski definition) is 0. The highest BCUT2D eigenvalue weighted by Crippen LogP contribution is 2.30. The number of carbonyl (C=O) groups excluding carboxylic acids is 1. The molecule has 0 aromatic heterocycles. The highest BCUT2D eigenvalue weighted by Gasteiger charge is 2.10. The number of ether oxygens (including phenoxy) is 1. The minimum absolute atomic E-state index is 0.218. The van der Waals surface area contributed by atoms with Crippen LogP contribution in [0.3, 0.4) is 0 Å². The van der Waals surface area contributed by atoms with Crippen molar-refractivity contribution < 1.29 is 13.9 Å². The topological polar surface area (TPSA) is 26.3 Å². The van der Waals surface area contributed by atoms with E-state index in [4.69, 9.17) is 0 Å². The van der Waals surface area contributed by atoms with Crippen LogP contribution in [0, 0.1) is 5.82 Å². The van der Waals surface area contributed by atoms with Crippen LogP contribution in [0.15, 0.2) is 52.3 Å². The normalized spacial score (nSPS) is 10.3. The Labute approximate surface area is 122 Å². The maximum Gasteiger partial charge on any atom is 0.337 e. The van der Waals surface area contributed by atoms with E-state index in [2.05, 4.69) is 11.7 Å². The minimum Gasteiger partial charge on any atom is -0.465 e. The van der Waals surface area contributed by atoms with Gasteiger partial charge < -0.3 is 4.74 Å². The third kappa shape index (κ3) is 3.39. The first-order valence-corrected chi connectivity index (χ1v) is 7.10. The Balaban J connectivity index is 2.18. The van der Waals surface area contributed by atoms with E-state index >= 15 is 0 Å². The summed E-state index contributed by atoms with van der Waals surface area (Å²) in [6.45, 7) is 2.09. The van der Waals surface area contributed by atoms with Crippen molar-refractivity contribution in [1.29, 1.82) is 0 Å². The van der Waals surface area contributed by atoms with E-state index in [0.29, 0.717) is 4.90 Å². The average Bonchev–Trinajstić information content (AvgIpc) is 2.49. The molecular formula is C16H15FO2S. The molecule has 2 aromatic carbocycles. The van der Waals surface area contributed by atoms with E-state index in [0.717, 1.165) is 11.3 Å². The molecular weight excluding hydrogens is 275 g/mol. The van der Waals surface area contributed by atoms with Crippen molar-refractivity contribution in [3.8, 4) is 0 Å². The van der Waals surface area contributed by atoms with Gasteiger partial charge in [0.25, 0.3) is 0 Å². The molecule has 0 saturated heterocycles. The number of carbonyl (C=O) groups is 1. The molecule has 2 aromatic rings. The van der Waals surface area contributed by atoms with Gasteiger partial charge in [0.15, 0.2) is 0 Å². The van der Waals surface area contributed by atoms with E-state index in [1.165, 1.54) is 30.5 Å². The molecule has 0 radical (unpaired) electrons. The number of methoxy groups -OCH3 is 1. The van der Waals surface area contributed by atoms with Gasteiger partial charge in [-0.05, 0) is 42.3 Å². The van der Waals surface area contributed by atoms with Gasteiger partial charge in [-0.2, -0.15) is 0 Å². The van der Waals surface area contributed by atoms with Gasteiger partial charge in [-0.1, -0.05) is 30.8 Å². The van der Waals surface area contributed by atoms with Crippen molar-refractivity contribution in [3.63, 3.8) is 0 Å². The van der Waals surface area contributed by atoms with E-state index in [1.54, 1.807) is 12.1 Å². The fourth-order valence-corrected chi connectivity index (χ4v) is 2.57. The van der Waals surface area contributed by atoms with Gasteiger partial charge in [0.1, 0.15) is 5.82 Å². The predicted octanol–water partition coefficient (Wildman–Crippen LogP) is 4.33. The summed E-state index contributed by atoms with van der Waals surface area (Å²) in [5, 5.41) is 0. The standard InChI is InChI=1S/C16H15FO2S/c1-3-11-4-7-13(8-5-11)20-15-9-6-12(10-14(15)17)16(18)19-2/h4-10H,3H2,1-2H3. The van der Waals surface area contributed by atoms with Crippen molar-refractivity contribution >= 4 is 17.7 Å². The van der Waals surface area contributed by atoms with Gasteiger partial charge in [-0.15, -0.1) is 0 Å². The third-order valence-corrected chi connectivity index (χ3v) is 3.97. The summed E-state index contributed by atoms with van der Waals surface area (Å²) in [5.74, 6) is -0.954. The Hall–Kier alpha value is -1.81. The van der Waals surface area contributed by atoms with Crippen LogP contribution in [-0.2, 0) is 11.2 Å². The van der Waals surface area contributed by atoms with Crippen molar-refractivity contribution in [3.05, 3.63) is 59.4 Å². The lowest BCUT2D eigenvalue weighted by Crippen LogP contribution is -2.01. The molecule has 2 rings (SSSR count). The van der Waals surface area contributed by atoms with E-state index < -0.39 is 11.8 Å². The largest absolute Gasteiger partial charge is 0.465 e. The number of aryl methyl sites for hydroxylation is 1. The second kappa shape index (κ2) is 6.57. The molecule has 0 N–H and O–H groups in total. The zero-order valence-electron chi connectivity index (χ0n) is 11.4. The van der Waals surface area contributed by atoms with Crippen LogP contribution in [0.1, 0.15) is 22.8 Å². The molecule has 0 saturated carbocycles. The second-order valence-electron chi connectivity index (χ2n) is 4.24. The Morgan fingerprint density at radius 3 is 2.45 bits per heavy atom. The van der Waals surface area contributed by atoms with E-state index in [-0.39, 0.29) is 5.56 Å². The Morgan fingerprint density at radius 1 is 1.20 bits per heavy atom. The van der Waals surface area contributed by atoms with Crippen LogP contribution in [0.2, 0.25) is 0 Å². The summed E-state index contributed by atoms with van der Waals surface area (Å²) in [5.41, 5.74) is 1.46. The van der Waals surface area contributed by atoms with Crippen molar-refractivity contribution in [2.24, 2.45) is 0 Å². The van der Waals surface area contributed by atoms with Crippen molar-refractivity contribution in [1.82, 2.24) is 0 Å². The molecule has 0 amide bonds. The molecule has 0 heterocycles. The maximum atomic E-state index is 13.9. The van der Waals surface area contributed by atoms with E-state index in [9.17, 15) is 9.18 Å². The fraction of sp³-hybridized carbons (Fsp3) is 0.188. The molecule has 0 fully saturated rings. The van der Waals surface area contributed by atoms with Crippen LogP contribution < -0.4 is 0 Å². The third-order valence-electron chi connectivity index (χ3n) is 2.91. The van der Waals surface area contributed by atoms with E-state index in [1.807, 2.05) is 24.3 Å². The number of esters is 1. The first-order valence-electron chi connectivity index (χ1n) is 6.28. The lowest BCUT2D eigenvalue weighted by molar-refractivity contribution is 0.0600. The van der Waals surface area contributed by atoms with Crippen LogP contribution >= 0.6 is 11.8 Å². The summed E-state index contributed by atoms with van der Waals surface area (Å²) in [6.07, 6.45) is 0.979. The molecule has 0 aliphatic carbocycles. The van der Waals surface area contributed by atoms with Gasteiger partial charge >= 0.3 is 5.97 Å². The first-order chi connectivity index (χ1) is 9.63. The zero-order chi connectivity index (χ0) is 14.5. The van der Waals surface area contributed by atoms with Crippen molar-refractivity contribution in [2.45, 2.75) is 23.1 Å². The zero-order valence-corrected chi connectivity index (χ0v) is 12.2. The Kier molecular flexibility index (Phi) is 4.79. The molecule has 0 unspecified atom stereocenters. The molecule has 0 spiro atoms. The number of benzene rings is 2. The summed E-state index contributed by atoms with van der Waals surface area (Å²) < 4.78 is 18.5. The van der Waals surface area contributed by atoms with Gasteiger partial charge in [0, 0.05) is 9.79 Å². The lowest BCUT2D eigenvalue weighted by atomic mass is 10.2. The predicted molar refractivity (Wildman–Crippen MR) is 77.7 cm³/mol. The highest BCUT2D eigenvalue weighted by atomic mass is 32.2. The minimum atomic E-state index is -0.534. The van der Waals surface area contributed by atoms with Crippen LogP contribution in [-0.4, -0.2) is 13.1 Å². The smallest absolute Gasteiger partial charge is 0.337 e. The monoisotopic (exact) mass is 290 g/mol. The van der Waals surface area contributed by atoms with Crippen LogP contribution in [0.5, 0.6) is 0 Å². The molecule has 4 heteroatoms. The van der Waals surface area contributed by atoms with Gasteiger partial charge in [-0.25, -0.2) is 9.18 Å². The number of hydrogen-bond acceptors (Lipinski definition) is 3. The summed E-state index contributed by atoms with van der Waals surface area (Å²) in [6, 6.07) is 12.4. The van der Waals surface area contributed by atoms with Crippen molar-refractivity contribution in [2.75, 3.05) is 7.11 Å². The number of halogens is 1. The second-order valence-corrected chi connectivity index (χ2v) is 5.35. The van der Waals surface area contributed by atoms with Gasteiger partial charge in [0.2, 0.25) is 0 Å². The Bertz CT molecular complexity index is 608. The molecule has 0 atom stereocenters. The quantitative estimate of drug-likeness (QED) is 0.784. The number of rotatable bonds is 4. The van der Waals surface area contributed by atoms with Crippen LogP contribution in [0.25, 0.3) is 0 Å². The van der Waals surface area contributed by atoms with Gasteiger partial charge in [0.05, 0.1) is 12.7 Å². The molecule has 0 aliphatic rings. The van der Waals surface area contributed by atoms with Crippen LogP contribution in [0.4, 0.5) is 4.39 Å². The molecule has 20 heavy (non-hydrogen) atoms.